The number of nitrogens with one attached hydrogen (secondary N) is 1. The highest BCUT2D eigenvalue weighted by molar-refractivity contribution is 9.10. The number of nitrogens with zero attached hydrogens (tertiary/aromatic N) is 2. The second-order valence-corrected chi connectivity index (χ2v) is 7.88. The van der Waals surface area contributed by atoms with Gasteiger partial charge in [-0.15, -0.1) is 0 Å². The molecule has 0 bridgehead atoms. The van der Waals surface area contributed by atoms with Gasteiger partial charge in [-0.2, -0.15) is 0 Å². The van der Waals surface area contributed by atoms with Crippen molar-refractivity contribution >= 4 is 22.0 Å². The number of likely N-dealkylation sites (tertiary alicyclic amines) is 1. The number of carbonyl (C=O) groups is 1. The standard InChI is InChI=1S/C17H26BrN3O2/c1-17(2,3)23-16(22)21-7-5-4-6-15(21)12-20-10-13-8-14(18)11-19-9-13/h8-9,11,15,20H,4-7,10,12H2,1-3H3. The maximum atomic E-state index is 12.4. The monoisotopic (exact) mass is 383 g/mol. The minimum absolute atomic E-state index is 0.193. The Bertz CT molecular complexity index is 531. The Morgan fingerprint density at radius 3 is 2.91 bits per heavy atom. The predicted molar refractivity (Wildman–Crippen MR) is 94.2 cm³/mol. The zero-order valence-electron chi connectivity index (χ0n) is 14.1. The van der Waals surface area contributed by atoms with Crippen LogP contribution >= 0.6 is 15.9 Å². The van der Waals surface area contributed by atoms with Crippen molar-refractivity contribution in [2.24, 2.45) is 0 Å². The van der Waals surface area contributed by atoms with Crippen LogP contribution in [0.15, 0.2) is 22.9 Å². The van der Waals surface area contributed by atoms with Crippen molar-refractivity contribution in [3.63, 3.8) is 0 Å². The molecule has 1 N–H and O–H groups in total. The highest BCUT2D eigenvalue weighted by Gasteiger charge is 2.30. The molecular formula is C17H26BrN3O2. The van der Waals surface area contributed by atoms with E-state index in [0.717, 1.165) is 48.9 Å². The molecule has 6 heteroatoms. The predicted octanol–water partition coefficient (Wildman–Crippen LogP) is 3.72. The van der Waals surface area contributed by atoms with E-state index in [2.05, 4.69) is 26.2 Å². The van der Waals surface area contributed by atoms with E-state index in [1.165, 1.54) is 0 Å². The molecule has 2 rings (SSSR count). The van der Waals surface area contributed by atoms with Crippen LogP contribution in [-0.2, 0) is 11.3 Å². The average molecular weight is 384 g/mol. The SMILES string of the molecule is CC(C)(C)OC(=O)N1CCCCC1CNCc1cncc(Br)c1. The normalized spacial score (nSPS) is 18.8. The van der Waals surface area contributed by atoms with Gasteiger partial charge in [-0.1, -0.05) is 0 Å². The number of pyridine rings is 1. The number of rotatable bonds is 4. The van der Waals surface area contributed by atoms with Crippen LogP contribution in [0.2, 0.25) is 0 Å². The minimum atomic E-state index is -0.450. The second kappa shape index (κ2) is 8.11. The summed E-state index contributed by atoms with van der Waals surface area (Å²) in [6, 6.07) is 2.24. The lowest BCUT2D eigenvalue weighted by molar-refractivity contribution is 0.00993. The van der Waals surface area contributed by atoms with E-state index in [1.54, 1.807) is 6.20 Å². The molecule has 0 radical (unpaired) electrons. The Balaban J connectivity index is 1.87. The van der Waals surface area contributed by atoms with Crippen LogP contribution in [0.1, 0.15) is 45.6 Å². The first-order valence-electron chi connectivity index (χ1n) is 8.15. The topological polar surface area (TPSA) is 54.5 Å². The largest absolute Gasteiger partial charge is 0.444 e. The summed E-state index contributed by atoms with van der Waals surface area (Å²) in [5, 5.41) is 3.44. The van der Waals surface area contributed by atoms with Crippen LogP contribution in [0.25, 0.3) is 0 Å². The maximum Gasteiger partial charge on any atom is 0.410 e. The summed E-state index contributed by atoms with van der Waals surface area (Å²) in [5.41, 5.74) is 0.674. The molecule has 1 aliphatic rings. The van der Waals surface area contributed by atoms with Crippen LogP contribution in [0.4, 0.5) is 4.79 Å². The zero-order valence-corrected chi connectivity index (χ0v) is 15.7. The molecule has 1 atom stereocenters. The van der Waals surface area contributed by atoms with Crippen molar-refractivity contribution in [1.29, 1.82) is 0 Å². The molecule has 1 unspecified atom stereocenters. The number of ether oxygens (including phenoxy) is 1. The van der Waals surface area contributed by atoms with Crippen LogP contribution in [0, 0.1) is 0 Å². The van der Waals surface area contributed by atoms with Crippen LogP contribution < -0.4 is 5.32 Å². The van der Waals surface area contributed by atoms with E-state index >= 15 is 0 Å². The van der Waals surface area contributed by atoms with Crippen molar-refractivity contribution in [2.45, 2.75) is 58.2 Å². The van der Waals surface area contributed by atoms with Crippen molar-refractivity contribution in [3.05, 3.63) is 28.5 Å². The highest BCUT2D eigenvalue weighted by Crippen LogP contribution is 2.20. The molecule has 1 amide bonds. The summed E-state index contributed by atoms with van der Waals surface area (Å²) >= 11 is 3.43. The summed E-state index contributed by atoms with van der Waals surface area (Å²) in [5.74, 6) is 0. The molecule has 0 aromatic carbocycles. The van der Waals surface area contributed by atoms with E-state index in [9.17, 15) is 4.79 Å². The van der Waals surface area contributed by atoms with Gasteiger partial charge < -0.3 is 15.0 Å². The number of hydrogen-bond donors (Lipinski definition) is 1. The second-order valence-electron chi connectivity index (χ2n) is 6.97. The van der Waals surface area contributed by atoms with Gasteiger partial charge in [0.2, 0.25) is 0 Å². The summed E-state index contributed by atoms with van der Waals surface area (Å²) in [6.45, 7) is 8.00. The molecule has 5 nitrogen and oxygen atoms in total. The lowest BCUT2D eigenvalue weighted by Crippen LogP contribution is -2.50. The fourth-order valence-corrected chi connectivity index (χ4v) is 3.12. The van der Waals surface area contributed by atoms with Crippen LogP contribution in [-0.4, -0.2) is 40.7 Å². The third-order valence-electron chi connectivity index (χ3n) is 3.73. The Hall–Kier alpha value is -1.14. The molecule has 0 saturated carbocycles. The Morgan fingerprint density at radius 1 is 1.43 bits per heavy atom. The molecule has 0 aliphatic carbocycles. The number of aromatic nitrogens is 1. The van der Waals surface area contributed by atoms with Crippen molar-refractivity contribution in [2.75, 3.05) is 13.1 Å². The van der Waals surface area contributed by atoms with E-state index in [0.29, 0.717) is 0 Å². The molecule has 1 aromatic rings. The first-order chi connectivity index (χ1) is 10.8. The Morgan fingerprint density at radius 2 is 2.22 bits per heavy atom. The summed E-state index contributed by atoms with van der Waals surface area (Å²) in [6.07, 6.45) is 6.64. The minimum Gasteiger partial charge on any atom is -0.444 e. The number of hydrogen-bond acceptors (Lipinski definition) is 4. The molecule has 23 heavy (non-hydrogen) atoms. The highest BCUT2D eigenvalue weighted by atomic mass is 79.9. The van der Waals surface area contributed by atoms with Crippen LogP contribution in [0.3, 0.4) is 0 Å². The zero-order chi connectivity index (χ0) is 16.9. The quantitative estimate of drug-likeness (QED) is 0.860. The van der Waals surface area contributed by atoms with Gasteiger partial charge in [0.25, 0.3) is 0 Å². The fourth-order valence-electron chi connectivity index (χ4n) is 2.71. The van der Waals surface area contributed by atoms with Crippen molar-refractivity contribution in [1.82, 2.24) is 15.2 Å². The smallest absolute Gasteiger partial charge is 0.410 e. The number of piperidine rings is 1. The maximum absolute atomic E-state index is 12.4. The Labute approximate surface area is 146 Å². The van der Waals surface area contributed by atoms with E-state index < -0.39 is 5.60 Å². The molecule has 2 heterocycles. The molecule has 128 valence electrons. The van der Waals surface area contributed by atoms with Gasteiger partial charge in [0.05, 0.1) is 0 Å². The lowest BCUT2D eigenvalue weighted by Gasteiger charge is -2.37. The molecule has 1 saturated heterocycles. The van der Waals surface area contributed by atoms with Gasteiger partial charge in [-0.05, 0) is 67.6 Å². The third-order valence-corrected chi connectivity index (χ3v) is 4.16. The van der Waals surface area contributed by atoms with Gasteiger partial charge in [-0.25, -0.2) is 4.79 Å². The first-order valence-corrected chi connectivity index (χ1v) is 8.94. The molecule has 1 aromatic heterocycles. The van der Waals surface area contributed by atoms with Gasteiger partial charge in [0.1, 0.15) is 5.60 Å². The molecule has 0 spiro atoms. The van der Waals surface area contributed by atoms with E-state index in [1.807, 2.05) is 37.9 Å². The number of halogens is 1. The molecule has 1 aliphatic heterocycles. The van der Waals surface area contributed by atoms with Crippen molar-refractivity contribution < 1.29 is 9.53 Å². The summed E-state index contributed by atoms with van der Waals surface area (Å²) in [7, 11) is 0. The molecular weight excluding hydrogens is 358 g/mol. The summed E-state index contributed by atoms with van der Waals surface area (Å²) in [4.78, 5) is 18.4. The number of amides is 1. The number of carbonyl (C=O) groups excluding carboxylic acids is 1. The van der Waals surface area contributed by atoms with Gasteiger partial charge in [0.15, 0.2) is 0 Å². The third kappa shape index (κ3) is 6.11. The lowest BCUT2D eigenvalue weighted by atomic mass is 10.0. The first kappa shape index (κ1) is 18.2. The van der Waals surface area contributed by atoms with E-state index in [-0.39, 0.29) is 12.1 Å². The van der Waals surface area contributed by atoms with Crippen LogP contribution in [0.5, 0.6) is 0 Å². The Kier molecular flexibility index (Phi) is 6.41. The average Bonchev–Trinajstić information content (AvgIpc) is 2.46. The van der Waals surface area contributed by atoms with Gasteiger partial charge >= 0.3 is 6.09 Å². The van der Waals surface area contributed by atoms with Crippen molar-refractivity contribution in [3.8, 4) is 0 Å². The van der Waals surface area contributed by atoms with Gasteiger partial charge in [-0.3, -0.25) is 4.98 Å². The molecule has 1 fully saturated rings. The van der Waals surface area contributed by atoms with E-state index in [4.69, 9.17) is 4.74 Å². The fraction of sp³-hybridized carbons (Fsp3) is 0.647. The van der Waals surface area contributed by atoms with Gasteiger partial charge in [0, 0.05) is 42.5 Å². The summed E-state index contributed by atoms with van der Waals surface area (Å²) < 4.78 is 6.51.